The third-order valence-electron chi connectivity index (χ3n) is 2.47. The number of pyridine rings is 1. The molecule has 19 heavy (non-hydrogen) atoms. The Balaban J connectivity index is 2.24. The number of para-hydroxylation sites is 1. The van der Waals surface area contributed by atoms with Crippen molar-refractivity contribution in [1.82, 2.24) is 4.98 Å². The van der Waals surface area contributed by atoms with Crippen LogP contribution in [0, 0.1) is 10.1 Å². The van der Waals surface area contributed by atoms with Crippen molar-refractivity contribution in [2.24, 2.45) is 0 Å². The minimum Gasteiger partial charge on any atom is -0.288 e. The minimum absolute atomic E-state index is 0.0347. The summed E-state index contributed by atoms with van der Waals surface area (Å²) in [5, 5.41) is 10.8. The number of nitro groups is 1. The van der Waals surface area contributed by atoms with Gasteiger partial charge in [-0.3, -0.25) is 19.9 Å². The first-order valence-electron chi connectivity index (χ1n) is 5.55. The highest BCUT2D eigenvalue weighted by Gasteiger charge is 2.10. The number of hydrogen-bond donors (Lipinski definition) is 0. The van der Waals surface area contributed by atoms with Gasteiger partial charge in [-0.25, -0.2) is 0 Å². The SMILES string of the molecule is O=C(/C=C\c1ccccc1[N+](=O)[O-])c1ccccn1. The second kappa shape index (κ2) is 5.68. The van der Waals surface area contributed by atoms with Crippen LogP contribution in [0.5, 0.6) is 0 Å². The molecule has 1 aromatic carbocycles. The maximum atomic E-state index is 11.8. The summed E-state index contributed by atoms with van der Waals surface area (Å²) in [7, 11) is 0. The average molecular weight is 254 g/mol. The molecule has 94 valence electrons. The lowest BCUT2D eigenvalue weighted by Gasteiger charge is -1.96. The zero-order chi connectivity index (χ0) is 13.7. The van der Waals surface area contributed by atoms with Crippen LogP contribution >= 0.6 is 0 Å². The number of carbonyl (C=O) groups is 1. The monoisotopic (exact) mass is 254 g/mol. The molecular weight excluding hydrogens is 244 g/mol. The van der Waals surface area contributed by atoms with Crippen LogP contribution in [-0.4, -0.2) is 15.7 Å². The molecule has 0 N–H and O–H groups in total. The van der Waals surface area contributed by atoms with E-state index in [1.54, 1.807) is 36.4 Å². The summed E-state index contributed by atoms with van der Waals surface area (Å²) in [5.41, 5.74) is 0.654. The van der Waals surface area contributed by atoms with Gasteiger partial charge in [-0.15, -0.1) is 0 Å². The van der Waals surface area contributed by atoms with Gasteiger partial charge in [0.2, 0.25) is 5.78 Å². The van der Waals surface area contributed by atoms with Gasteiger partial charge in [0.25, 0.3) is 5.69 Å². The topological polar surface area (TPSA) is 73.1 Å². The van der Waals surface area contributed by atoms with Crippen molar-refractivity contribution in [3.63, 3.8) is 0 Å². The summed E-state index contributed by atoms with van der Waals surface area (Å²) in [4.78, 5) is 26.0. The van der Waals surface area contributed by atoms with Gasteiger partial charge in [-0.05, 0) is 30.4 Å². The largest absolute Gasteiger partial charge is 0.288 e. The highest BCUT2D eigenvalue weighted by molar-refractivity contribution is 6.05. The number of allylic oxidation sites excluding steroid dienone is 1. The Hall–Kier alpha value is -2.82. The highest BCUT2D eigenvalue weighted by atomic mass is 16.6. The van der Waals surface area contributed by atoms with Crippen molar-refractivity contribution in [2.45, 2.75) is 0 Å². The summed E-state index contributed by atoms with van der Waals surface area (Å²) in [5.74, 6) is -0.293. The molecular formula is C14H10N2O3. The van der Waals surface area contributed by atoms with E-state index >= 15 is 0 Å². The van der Waals surface area contributed by atoms with Crippen LogP contribution in [-0.2, 0) is 0 Å². The first-order chi connectivity index (χ1) is 9.18. The number of nitro benzene ring substituents is 1. The van der Waals surface area contributed by atoms with E-state index in [4.69, 9.17) is 0 Å². The lowest BCUT2D eigenvalue weighted by atomic mass is 10.1. The molecule has 0 saturated heterocycles. The third-order valence-corrected chi connectivity index (χ3v) is 2.47. The number of carbonyl (C=O) groups excluding carboxylic acids is 1. The maximum absolute atomic E-state index is 11.8. The number of benzene rings is 1. The van der Waals surface area contributed by atoms with E-state index in [1.807, 2.05) is 0 Å². The Kier molecular flexibility index (Phi) is 3.78. The van der Waals surface area contributed by atoms with Crippen molar-refractivity contribution < 1.29 is 9.72 Å². The molecule has 0 unspecified atom stereocenters. The molecule has 0 aliphatic carbocycles. The first kappa shape index (κ1) is 12.6. The van der Waals surface area contributed by atoms with Crippen LogP contribution < -0.4 is 0 Å². The van der Waals surface area contributed by atoms with Crippen molar-refractivity contribution in [1.29, 1.82) is 0 Å². The van der Waals surface area contributed by atoms with Crippen LogP contribution in [0.3, 0.4) is 0 Å². The van der Waals surface area contributed by atoms with Gasteiger partial charge in [0, 0.05) is 12.3 Å². The van der Waals surface area contributed by atoms with Gasteiger partial charge in [-0.1, -0.05) is 18.2 Å². The van der Waals surface area contributed by atoms with Crippen LogP contribution in [0.15, 0.2) is 54.7 Å². The molecule has 1 aromatic heterocycles. The summed E-state index contributed by atoms with van der Waals surface area (Å²) in [6.07, 6.45) is 4.23. The molecule has 0 spiro atoms. The Morgan fingerprint density at radius 1 is 1.16 bits per heavy atom. The second-order valence-electron chi connectivity index (χ2n) is 3.73. The average Bonchev–Trinajstić information content (AvgIpc) is 2.46. The van der Waals surface area contributed by atoms with Crippen molar-refractivity contribution in [3.05, 3.63) is 76.1 Å². The fraction of sp³-hybridized carbons (Fsp3) is 0. The predicted molar refractivity (Wildman–Crippen MR) is 70.7 cm³/mol. The number of hydrogen-bond acceptors (Lipinski definition) is 4. The molecule has 0 fully saturated rings. The van der Waals surface area contributed by atoms with E-state index in [2.05, 4.69) is 4.98 Å². The molecule has 0 aliphatic heterocycles. The van der Waals surface area contributed by atoms with Gasteiger partial charge >= 0.3 is 0 Å². The molecule has 0 bridgehead atoms. The van der Waals surface area contributed by atoms with E-state index < -0.39 is 4.92 Å². The summed E-state index contributed by atoms with van der Waals surface area (Å²) in [6.45, 7) is 0. The van der Waals surface area contributed by atoms with Crippen LogP contribution in [0.4, 0.5) is 5.69 Å². The molecule has 0 radical (unpaired) electrons. The van der Waals surface area contributed by atoms with Gasteiger partial charge < -0.3 is 0 Å². The summed E-state index contributed by atoms with van der Waals surface area (Å²) >= 11 is 0. The lowest BCUT2D eigenvalue weighted by Crippen LogP contribution is -1.97. The number of aromatic nitrogens is 1. The molecule has 0 atom stereocenters. The Labute approximate surface area is 109 Å². The minimum atomic E-state index is -0.481. The summed E-state index contributed by atoms with van der Waals surface area (Å²) < 4.78 is 0. The molecule has 0 amide bonds. The zero-order valence-corrected chi connectivity index (χ0v) is 9.89. The Morgan fingerprint density at radius 3 is 2.58 bits per heavy atom. The molecule has 5 nitrogen and oxygen atoms in total. The number of nitrogens with zero attached hydrogens (tertiary/aromatic N) is 2. The van der Waals surface area contributed by atoms with Crippen LogP contribution in [0.25, 0.3) is 6.08 Å². The second-order valence-corrected chi connectivity index (χ2v) is 3.73. The molecule has 2 rings (SSSR count). The van der Waals surface area contributed by atoms with Gasteiger partial charge in [0.1, 0.15) is 5.69 Å². The maximum Gasteiger partial charge on any atom is 0.276 e. The highest BCUT2D eigenvalue weighted by Crippen LogP contribution is 2.19. The van der Waals surface area contributed by atoms with E-state index in [0.29, 0.717) is 11.3 Å². The number of rotatable bonds is 4. The molecule has 2 aromatic rings. The van der Waals surface area contributed by atoms with Gasteiger partial charge in [-0.2, -0.15) is 0 Å². The zero-order valence-electron chi connectivity index (χ0n) is 9.89. The smallest absolute Gasteiger partial charge is 0.276 e. The van der Waals surface area contributed by atoms with Gasteiger partial charge in [0.15, 0.2) is 0 Å². The normalized spacial score (nSPS) is 10.5. The Morgan fingerprint density at radius 2 is 1.89 bits per heavy atom. The van der Waals surface area contributed by atoms with Gasteiger partial charge in [0.05, 0.1) is 10.5 Å². The van der Waals surface area contributed by atoms with E-state index in [9.17, 15) is 14.9 Å². The predicted octanol–water partition coefficient (Wildman–Crippen LogP) is 2.89. The number of ketones is 1. The van der Waals surface area contributed by atoms with E-state index in [-0.39, 0.29) is 11.5 Å². The standard InChI is InChI=1S/C14H10N2O3/c17-14(12-6-3-4-10-15-12)9-8-11-5-1-2-7-13(11)16(18)19/h1-10H/b9-8-. The third kappa shape index (κ3) is 3.10. The summed E-state index contributed by atoms with van der Waals surface area (Å²) in [6, 6.07) is 11.2. The fourth-order valence-electron chi connectivity index (χ4n) is 1.55. The van der Waals surface area contributed by atoms with Crippen LogP contribution in [0.1, 0.15) is 16.1 Å². The van der Waals surface area contributed by atoms with E-state index in [0.717, 1.165) is 0 Å². The lowest BCUT2D eigenvalue weighted by molar-refractivity contribution is -0.385. The van der Waals surface area contributed by atoms with Crippen molar-refractivity contribution >= 4 is 17.5 Å². The first-order valence-corrected chi connectivity index (χ1v) is 5.55. The van der Waals surface area contributed by atoms with Crippen molar-refractivity contribution in [3.8, 4) is 0 Å². The van der Waals surface area contributed by atoms with Crippen LogP contribution in [0.2, 0.25) is 0 Å². The quantitative estimate of drug-likeness (QED) is 0.364. The molecule has 1 heterocycles. The molecule has 0 saturated carbocycles. The van der Waals surface area contributed by atoms with Crippen molar-refractivity contribution in [2.75, 3.05) is 0 Å². The fourth-order valence-corrected chi connectivity index (χ4v) is 1.55. The molecule has 5 heteroatoms. The van der Waals surface area contributed by atoms with E-state index in [1.165, 1.54) is 24.4 Å². The molecule has 0 aliphatic rings. The Bertz CT molecular complexity index is 636.